The fourth-order valence-electron chi connectivity index (χ4n) is 2.51. The molecule has 0 bridgehead atoms. The minimum Gasteiger partial charge on any atom is -0.481 e. The maximum Gasteiger partial charge on any atom is 0.266 e. The molecule has 0 aliphatic heterocycles. The fourth-order valence-corrected chi connectivity index (χ4v) is 3.07. The van der Waals surface area contributed by atoms with Crippen molar-refractivity contribution in [3.8, 4) is 5.75 Å². The molecular formula is C19H21IN2O2S. The Hall–Kier alpha value is -1.67. The van der Waals surface area contributed by atoms with Gasteiger partial charge in [-0.1, -0.05) is 17.7 Å². The lowest BCUT2D eigenvalue weighted by Crippen LogP contribution is -2.42. The first-order chi connectivity index (χ1) is 11.8. The lowest BCUT2D eigenvalue weighted by Gasteiger charge is -2.18. The summed E-state index contributed by atoms with van der Waals surface area (Å²) in [6.45, 7) is 7.76. The number of aryl methyl sites for hydroxylation is 3. The van der Waals surface area contributed by atoms with Crippen molar-refractivity contribution in [2.45, 2.75) is 33.8 Å². The molecule has 2 aromatic carbocycles. The van der Waals surface area contributed by atoms with Crippen molar-refractivity contribution in [1.29, 1.82) is 0 Å². The average Bonchev–Trinajstić information content (AvgIpc) is 2.53. The Balaban J connectivity index is 1.95. The Morgan fingerprint density at radius 1 is 1.12 bits per heavy atom. The molecule has 0 heterocycles. The predicted molar refractivity (Wildman–Crippen MR) is 114 cm³/mol. The molecule has 0 saturated carbocycles. The number of rotatable bonds is 4. The van der Waals surface area contributed by atoms with Crippen LogP contribution in [0, 0.1) is 24.3 Å². The summed E-state index contributed by atoms with van der Waals surface area (Å²) < 4.78 is 6.75. The summed E-state index contributed by atoms with van der Waals surface area (Å²) in [6, 6.07) is 11.7. The van der Waals surface area contributed by atoms with Gasteiger partial charge in [0.05, 0.1) is 0 Å². The van der Waals surface area contributed by atoms with Gasteiger partial charge in [-0.05, 0) is 97.9 Å². The summed E-state index contributed by atoms with van der Waals surface area (Å²) in [6.07, 6.45) is -0.653. The summed E-state index contributed by atoms with van der Waals surface area (Å²) in [5.74, 6) is 0.352. The molecule has 25 heavy (non-hydrogen) atoms. The monoisotopic (exact) mass is 468 g/mol. The van der Waals surface area contributed by atoms with Crippen molar-refractivity contribution in [3.63, 3.8) is 0 Å². The van der Waals surface area contributed by atoms with Crippen molar-refractivity contribution in [2.75, 3.05) is 5.32 Å². The zero-order valence-electron chi connectivity index (χ0n) is 14.6. The summed E-state index contributed by atoms with van der Waals surface area (Å²) in [4.78, 5) is 12.3. The largest absolute Gasteiger partial charge is 0.481 e. The Morgan fingerprint density at radius 2 is 1.68 bits per heavy atom. The number of thiocarbonyl (C=S) groups is 1. The zero-order chi connectivity index (χ0) is 18.6. The van der Waals surface area contributed by atoms with E-state index in [9.17, 15) is 4.79 Å². The van der Waals surface area contributed by atoms with Crippen molar-refractivity contribution >= 4 is 51.5 Å². The van der Waals surface area contributed by atoms with Gasteiger partial charge < -0.3 is 10.1 Å². The van der Waals surface area contributed by atoms with E-state index < -0.39 is 6.10 Å². The third kappa shape index (κ3) is 5.67. The number of hydrogen-bond donors (Lipinski definition) is 2. The first-order valence-electron chi connectivity index (χ1n) is 7.88. The summed E-state index contributed by atoms with van der Waals surface area (Å²) in [5.41, 5.74) is 4.27. The quantitative estimate of drug-likeness (QED) is 0.513. The first kappa shape index (κ1) is 19.7. The molecule has 2 aromatic rings. The van der Waals surface area contributed by atoms with E-state index in [-0.39, 0.29) is 11.0 Å². The van der Waals surface area contributed by atoms with Crippen molar-refractivity contribution < 1.29 is 9.53 Å². The second-order valence-electron chi connectivity index (χ2n) is 5.93. The van der Waals surface area contributed by atoms with Crippen LogP contribution in [0.15, 0.2) is 36.4 Å². The lowest BCUT2D eigenvalue weighted by atomic mass is 10.1. The van der Waals surface area contributed by atoms with Crippen molar-refractivity contribution in [1.82, 2.24) is 5.32 Å². The van der Waals surface area contributed by atoms with Crippen LogP contribution in [0.5, 0.6) is 5.75 Å². The van der Waals surface area contributed by atoms with Crippen LogP contribution in [-0.2, 0) is 4.79 Å². The lowest BCUT2D eigenvalue weighted by molar-refractivity contribution is -0.125. The molecular weight excluding hydrogens is 447 g/mol. The van der Waals surface area contributed by atoms with Crippen LogP contribution in [0.1, 0.15) is 23.6 Å². The number of hydrogen-bond acceptors (Lipinski definition) is 3. The van der Waals surface area contributed by atoms with Gasteiger partial charge in [0.1, 0.15) is 5.75 Å². The molecule has 0 aromatic heterocycles. The van der Waals surface area contributed by atoms with Crippen LogP contribution in [-0.4, -0.2) is 17.1 Å². The minimum atomic E-state index is -0.653. The maximum absolute atomic E-state index is 12.3. The molecule has 2 rings (SSSR count). The highest BCUT2D eigenvalue weighted by Gasteiger charge is 2.16. The number of halogens is 1. The second-order valence-corrected chi connectivity index (χ2v) is 7.58. The number of carbonyl (C=O) groups excluding carboxylic acids is 1. The zero-order valence-corrected chi connectivity index (χ0v) is 17.6. The highest BCUT2D eigenvalue weighted by atomic mass is 127. The SMILES string of the molecule is Cc1cc(C)c(NC(=S)NC(=O)[C@@H](C)Oc2ccc(I)cc2)c(C)c1. The van der Waals surface area contributed by atoms with Crippen LogP contribution in [0.25, 0.3) is 0 Å². The molecule has 0 radical (unpaired) electrons. The standard InChI is InChI=1S/C19H21IN2O2S/c1-11-9-12(2)17(13(3)10-11)21-19(25)22-18(23)14(4)24-16-7-5-15(20)6-8-16/h5-10,14H,1-4H3,(H2,21,22,23,25)/t14-/m1/s1. The first-order valence-corrected chi connectivity index (χ1v) is 9.37. The number of anilines is 1. The number of amides is 1. The molecule has 0 aliphatic rings. The normalized spacial score (nSPS) is 11.6. The summed E-state index contributed by atoms with van der Waals surface area (Å²) in [5, 5.41) is 6.05. The molecule has 0 spiro atoms. The number of nitrogens with one attached hydrogen (secondary N) is 2. The van der Waals surface area contributed by atoms with E-state index in [1.165, 1.54) is 5.56 Å². The van der Waals surface area contributed by atoms with Crippen molar-refractivity contribution in [3.05, 3.63) is 56.7 Å². The Labute approximate surface area is 167 Å². The molecule has 6 heteroatoms. The van der Waals surface area contributed by atoms with E-state index in [2.05, 4.69) is 45.4 Å². The van der Waals surface area contributed by atoms with Crippen LogP contribution in [0.4, 0.5) is 5.69 Å². The maximum atomic E-state index is 12.3. The van der Waals surface area contributed by atoms with Gasteiger partial charge in [0.2, 0.25) is 0 Å². The van der Waals surface area contributed by atoms with Gasteiger partial charge in [0.25, 0.3) is 5.91 Å². The molecule has 4 nitrogen and oxygen atoms in total. The predicted octanol–water partition coefficient (Wildman–Crippen LogP) is 4.50. The molecule has 0 saturated heterocycles. The van der Waals surface area contributed by atoms with Gasteiger partial charge in [0.15, 0.2) is 11.2 Å². The Morgan fingerprint density at radius 3 is 2.24 bits per heavy atom. The van der Waals surface area contributed by atoms with E-state index in [4.69, 9.17) is 17.0 Å². The van der Waals surface area contributed by atoms with Gasteiger partial charge >= 0.3 is 0 Å². The third-order valence-corrected chi connectivity index (χ3v) is 4.57. The van der Waals surface area contributed by atoms with Crippen LogP contribution in [0.3, 0.4) is 0 Å². The van der Waals surface area contributed by atoms with Gasteiger partial charge in [-0.25, -0.2) is 0 Å². The average molecular weight is 468 g/mol. The van der Waals surface area contributed by atoms with Gasteiger partial charge in [-0.2, -0.15) is 0 Å². The molecule has 132 valence electrons. The molecule has 0 aliphatic carbocycles. The summed E-state index contributed by atoms with van der Waals surface area (Å²) >= 11 is 7.48. The smallest absolute Gasteiger partial charge is 0.266 e. The molecule has 0 unspecified atom stereocenters. The number of carbonyl (C=O) groups is 1. The van der Waals surface area contributed by atoms with E-state index >= 15 is 0 Å². The summed E-state index contributed by atoms with van der Waals surface area (Å²) in [7, 11) is 0. The fraction of sp³-hybridized carbons (Fsp3) is 0.263. The molecule has 2 N–H and O–H groups in total. The minimum absolute atomic E-state index is 0.262. The molecule has 0 fully saturated rings. The molecule has 1 amide bonds. The number of benzene rings is 2. The third-order valence-electron chi connectivity index (χ3n) is 3.65. The van der Waals surface area contributed by atoms with E-state index in [1.54, 1.807) is 6.92 Å². The Bertz CT molecular complexity index is 768. The number of ether oxygens (including phenoxy) is 1. The van der Waals surface area contributed by atoms with Crippen LogP contribution < -0.4 is 15.4 Å². The highest BCUT2D eigenvalue weighted by Crippen LogP contribution is 2.21. The molecule has 1 atom stereocenters. The van der Waals surface area contributed by atoms with Gasteiger partial charge in [-0.3, -0.25) is 10.1 Å². The second kappa shape index (κ2) is 8.62. The van der Waals surface area contributed by atoms with Crippen LogP contribution in [0.2, 0.25) is 0 Å². The van der Waals surface area contributed by atoms with Crippen molar-refractivity contribution in [2.24, 2.45) is 0 Å². The van der Waals surface area contributed by atoms with E-state index in [0.717, 1.165) is 20.4 Å². The topological polar surface area (TPSA) is 50.4 Å². The van der Waals surface area contributed by atoms with Gasteiger partial charge in [-0.15, -0.1) is 0 Å². The highest BCUT2D eigenvalue weighted by molar-refractivity contribution is 14.1. The van der Waals surface area contributed by atoms with E-state index in [1.807, 2.05) is 45.0 Å². The Kier molecular flexibility index (Phi) is 6.78. The van der Waals surface area contributed by atoms with Crippen LogP contribution >= 0.6 is 34.8 Å². The van der Waals surface area contributed by atoms with Gasteiger partial charge in [0, 0.05) is 9.26 Å². The van der Waals surface area contributed by atoms with E-state index in [0.29, 0.717) is 5.75 Å².